The van der Waals surface area contributed by atoms with Gasteiger partial charge in [0.05, 0.1) is 0 Å². The fourth-order valence-corrected chi connectivity index (χ4v) is 3.37. The van der Waals surface area contributed by atoms with E-state index in [2.05, 4.69) is 5.32 Å². The number of primary amides is 1. The Morgan fingerprint density at radius 2 is 1.71 bits per heavy atom. The highest BCUT2D eigenvalue weighted by Crippen LogP contribution is 2.28. The number of amides is 1. The predicted octanol–water partition coefficient (Wildman–Crippen LogP) is 2.20. The van der Waals surface area contributed by atoms with Crippen LogP contribution in [0.4, 0.5) is 0 Å². The highest BCUT2D eigenvalue weighted by Gasteiger charge is 2.24. The third kappa shape index (κ3) is 3.98. The van der Waals surface area contributed by atoms with Gasteiger partial charge in [0.2, 0.25) is 5.91 Å². The molecule has 0 saturated heterocycles. The maximum absolute atomic E-state index is 11.1. The van der Waals surface area contributed by atoms with Gasteiger partial charge < -0.3 is 11.1 Å². The van der Waals surface area contributed by atoms with Gasteiger partial charge in [-0.2, -0.15) is 0 Å². The van der Waals surface area contributed by atoms with Crippen molar-refractivity contribution in [1.29, 1.82) is 0 Å². The van der Waals surface area contributed by atoms with Crippen molar-refractivity contribution >= 4 is 5.91 Å². The molecular weight excluding hydrogens is 212 g/mol. The summed E-state index contributed by atoms with van der Waals surface area (Å²) in [7, 11) is 0. The molecule has 0 aromatic heterocycles. The van der Waals surface area contributed by atoms with Crippen molar-refractivity contribution in [2.24, 2.45) is 17.6 Å². The third-order valence-electron chi connectivity index (χ3n) is 4.59. The van der Waals surface area contributed by atoms with Crippen LogP contribution in [0.5, 0.6) is 0 Å². The molecule has 3 nitrogen and oxygen atoms in total. The van der Waals surface area contributed by atoms with Gasteiger partial charge in [-0.25, -0.2) is 0 Å². The maximum atomic E-state index is 11.1. The Kier molecular flexibility index (Phi) is 4.84. The Hall–Kier alpha value is -0.570. The van der Waals surface area contributed by atoms with Gasteiger partial charge in [-0.3, -0.25) is 4.79 Å². The normalized spacial score (nSPS) is 30.6. The first kappa shape index (κ1) is 12.9. The molecule has 17 heavy (non-hydrogen) atoms. The molecule has 0 radical (unpaired) electrons. The van der Waals surface area contributed by atoms with Crippen LogP contribution in [0.15, 0.2) is 0 Å². The average Bonchev–Trinajstić information content (AvgIpc) is 2.83. The first-order valence-corrected chi connectivity index (χ1v) is 7.28. The highest BCUT2D eigenvalue weighted by molar-refractivity contribution is 5.76. The van der Waals surface area contributed by atoms with Crippen LogP contribution in [0.1, 0.15) is 57.8 Å². The van der Waals surface area contributed by atoms with E-state index in [-0.39, 0.29) is 11.8 Å². The van der Waals surface area contributed by atoms with Gasteiger partial charge in [0.25, 0.3) is 0 Å². The topological polar surface area (TPSA) is 55.1 Å². The fraction of sp³-hybridized carbons (Fsp3) is 0.929. The first-order valence-electron chi connectivity index (χ1n) is 7.28. The molecule has 0 aliphatic heterocycles. The number of rotatable bonds is 5. The van der Waals surface area contributed by atoms with Crippen LogP contribution >= 0.6 is 0 Å². The summed E-state index contributed by atoms with van der Waals surface area (Å²) in [6.07, 6.45) is 11.3. The molecule has 0 spiro atoms. The summed E-state index contributed by atoms with van der Waals surface area (Å²) in [4.78, 5) is 11.1. The van der Waals surface area contributed by atoms with Gasteiger partial charge in [-0.05, 0) is 44.6 Å². The van der Waals surface area contributed by atoms with Crippen LogP contribution in [0.25, 0.3) is 0 Å². The molecule has 0 aromatic rings. The summed E-state index contributed by atoms with van der Waals surface area (Å²) >= 11 is 0. The number of carbonyl (C=O) groups is 1. The molecule has 2 aliphatic carbocycles. The van der Waals surface area contributed by atoms with Gasteiger partial charge in [0.1, 0.15) is 0 Å². The largest absolute Gasteiger partial charge is 0.369 e. The van der Waals surface area contributed by atoms with E-state index < -0.39 is 0 Å². The Bertz CT molecular complexity index is 241. The lowest BCUT2D eigenvalue weighted by molar-refractivity contribution is -0.122. The summed E-state index contributed by atoms with van der Waals surface area (Å²) < 4.78 is 0. The summed E-state index contributed by atoms with van der Waals surface area (Å²) in [6.45, 7) is 1.16. The van der Waals surface area contributed by atoms with E-state index in [1.807, 2.05) is 0 Å². The molecule has 1 amide bonds. The Labute approximate surface area is 105 Å². The molecule has 0 unspecified atom stereocenters. The van der Waals surface area contributed by atoms with Gasteiger partial charge >= 0.3 is 0 Å². The van der Waals surface area contributed by atoms with E-state index in [0.29, 0.717) is 6.04 Å². The standard InChI is InChI=1S/C14H26N2O/c15-14(17)12-5-7-13(8-6-12)16-10-9-11-3-1-2-4-11/h11-13,16H,1-10H2,(H2,15,17). The van der Waals surface area contributed by atoms with Gasteiger partial charge in [0.15, 0.2) is 0 Å². The zero-order chi connectivity index (χ0) is 12.1. The van der Waals surface area contributed by atoms with Crippen LogP contribution < -0.4 is 11.1 Å². The van der Waals surface area contributed by atoms with Crippen LogP contribution in [-0.2, 0) is 4.79 Å². The summed E-state index contributed by atoms with van der Waals surface area (Å²) in [5, 5.41) is 3.66. The van der Waals surface area contributed by atoms with Crippen molar-refractivity contribution in [2.45, 2.75) is 63.8 Å². The summed E-state index contributed by atoms with van der Waals surface area (Å²) in [5.74, 6) is 1.02. The number of nitrogens with two attached hydrogens (primary N) is 1. The van der Waals surface area contributed by atoms with Crippen LogP contribution in [0.2, 0.25) is 0 Å². The van der Waals surface area contributed by atoms with Crippen molar-refractivity contribution < 1.29 is 4.79 Å². The molecule has 98 valence electrons. The van der Waals surface area contributed by atoms with Crippen LogP contribution in [0.3, 0.4) is 0 Å². The molecule has 3 heteroatoms. The molecule has 3 N–H and O–H groups in total. The average molecular weight is 238 g/mol. The Morgan fingerprint density at radius 3 is 2.29 bits per heavy atom. The van der Waals surface area contributed by atoms with E-state index in [1.165, 1.54) is 32.1 Å². The van der Waals surface area contributed by atoms with E-state index >= 15 is 0 Å². The van der Waals surface area contributed by atoms with E-state index in [1.54, 1.807) is 0 Å². The van der Waals surface area contributed by atoms with Crippen molar-refractivity contribution in [1.82, 2.24) is 5.32 Å². The molecule has 0 atom stereocenters. The lowest BCUT2D eigenvalue weighted by Crippen LogP contribution is -2.37. The number of nitrogens with one attached hydrogen (secondary N) is 1. The smallest absolute Gasteiger partial charge is 0.220 e. The third-order valence-corrected chi connectivity index (χ3v) is 4.59. The summed E-state index contributed by atoms with van der Waals surface area (Å²) in [5.41, 5.74) is 5.34. The summed E-state index contributed by atoms with van der Waals surface area (Å²) in [6, 6.07) is 0.631. The zero-order valence-corrected chi connectivity index (χ0v) is 10.8. The molecular formula is C14H26N2O. The van der Waals surface area contributed by atoms with E-state index in [0.717, 1.165) is 38.1 Å². The van der Waals surface area contributed by atoms with Crippen molar-refractivity contribution in [3.63, 3.8) is 0 Å². The van der Waals surface area contributed by atoms with Crippen molar-refractivity contribution in [2.75, 3.05) is 6.54 Å². The van der Waals surface area contributed by atoms with Crippen molar-refractivity contribution in [3.8, 4) is 0 Å². The van der Waals surface area contributed by atoms with Gasteiger partial charge in [-0.15, -0.1) is 0 Å². The second-order valence-electron chi connectivity index (χ2n) is 5.84. The molecule has 0 aromatic carbocycles. The molecule has 0 heterocycles. The monoisotopic (exact) mass is 238 g/mol. The molecule has 2 rings (SSSR count). The van der Waals surface area contributed by atoms with Crippen molar-refractivity contribution in [3.05, 3.63) is 0 Å². The number of carbonyl (C=O) groups excluding carboxylic acids is 1. The quantitative estimate of drug-likeness (QED) is 0.771. The Balaban J connectivity index is 1.56. The zero-order valence-electron chi connectivity index (χ0n) is 10.8. The molecule has 2 saturated carbocycles. The second kappa shape index (κ2) is 6.39. The van der Waals surface area contributed by atoms with Crippen LogP contribution in [0, 0.1) is 11.8 Å². The number of hydrogen-bond donors (Lipinski definition) is 2. The minimum Gasteiger partial charge on any atom is -0.369 e. The molecule has 0 bridgehead atoms. The van der Waals surface area contributed by atoms with E-state index in [9.17, 15) is 4.79 Å². The minimum absolute atomic E-state index is 0.102. The minimum atomic E-state index is -0.102. The highest BCUT2D eigenvalue weighted by atomic mass is 16.1. The van der Waals surface area contributed by atoms with E-state index in [4.69, 9.17) is 5.73 Å². The SMILES string of the molecule is NC(=O)C1CCC(NCCC2CCCC2)CC1. The van der Waals surface area contributed by atoms with Crippen LogP contribution in [-0.4, -0.2) is 18.5 Å². The molecule has 2 fully saturated rings. The lowest BCUT2D eigenvalue weighted by Gasteiger charge is -2.27. The van der Waals surface area contributed by atoms with Gasteiger partial charge in [0, 0.05) is 12.0 Å². The molecule has 2 aliphatic rings. The Morgan fingerprint density at radius 1 is 1.06 bits per heavy atom. The number of hydrogen-bond acceptors (Lipinski definition) is 2. The fourth-order valence-electron chi connectivity index (χ4n) is 3.37. The first-order chi connectivity index (χ1) is 8.25. The van der Waals surface area contributed by atoms with Gasteiger partial charge in [-0.1, -0.05) is 25.7 Å². The maximum Gasteiger partial charge on any atom is 0.220 e. The predicted molar refractivity (Wildman–Crippen MR) is 69.5 cm³/mol. The second-order valence-corrected chi connectivity index (χ2v) is 5.84. The lowest BCUT2D eigenvalue weighted by atomic mass is 9.85.